The number of amides is 1. The van der Waals surface area contributed by atoms with Gasteiger partial charge in [0, 0.05) is 11.7 Å². The van der Waals surface area contributed by atoms with Crippen LogP contribution in [0.1, 0.15) is 37.9 Å². The predicted molar refractivity (Wildman–Crippen MR) is 128 cm³/mol. The van der Waals surface area contributed by atoms with Gasteiger partial charge < -0.3 is 5.32 Å². The third kappa shape index (κ3) is 4.83. The molecule has 0 spiro atoms. The lowest BCUT2D eigenvalue weighted by atomic mass is 10.1. The number of carbonyl (C=O) groups is 1. The van der Waals surface area contributed by atoms with Crippen molar-refractivity contribution < 1.29 is 13.2 Å². The molecule has 2 aromatic carbocycles. The fourth-order valence-corrected chi connectivity index (χ4v) is 5.95. The molecule has 0 fully saturated rings. The minimum Gasteiger partial charge on any atom is -0.324 e. The van der Waals surface area contributed by atoms with Crippen LogP contribution < -0.4 is 14.5 Å². The number of anilines is 2. The highest BCUT2D eigenvalue weighted by Crippen LogP contribution is 2.26. The SMILES string of the molecule is Cc1cc(C)cc(N([C@@H](C)C(=O)Nc2ccc3c(c2)sc(=O)n3C(C)C)S(C)(=O)=O)c1. The Morgan fingerprint density at radius 2 is 1.68 bits per heavy atom. The Kier molecular flexibility index (Phi) is 6.29. The zero-order chi connectivity index (χ0) is 23.1. The first kappa shape index (κ1) is 23.0. The van der Waals surface area contributed by atoms with Crippen LogP contribution in [0.4, 0.5) is 11.4 Å². The molecule has 0 aliphatic carbocycles. The van der Waals surface area contributed by atoms with Gasteiger partial charge in [-0.15, -0.1) is 0 Å². The van der Waals surface area contributed by atoms with E-state index in [2.05, 4.69) is 5.32 Å². The maximum absolute atomic E-state index is 13.0. The summed E-state index contributed by atoms with van der Waals surface area (Å²) < 4.78 is 28.7. The first-order valence-electron chi connectivity index (χ1n) is 9.92. The molecule has 7 nitrogen and oxygen atoms in total. The molecule has 166 valence electrons. The second-order valence-corrected chi connectivity index (χ2v) is 10.9. The summed E-state index contributed by atoms with van der Waals surface area (Å²) in [6, 6.07) is 9.76. The van der Waals surface area contributed by atoms with Crippen molar-refractivity contribution in [1.82, 2.24) is 4.57 Å². The Labute approximate surface area is 186 Å². The fourth-order valence-electron chi connectivity index (χ4n) is 3.74. The normalized spacial score (nSPS) is 12.9. The molecule has 31 heavy (non-hydrogen) atoms. The Hall–Kier alpha value is -2.65. The average molecular weight is 462 g/mol. The van der Waals surface area contributed by atoms with E-state index in [1.54, 1.807) is 41.8 Å². The van der Waals surface area contributed by atoms with Crippen molar-refractivity contribution in [3.05, 3.63) is 57.2 Å². The van der Waals surface area contributed by atoms with E-state index in [1.165, 1.54) is 0 Å². The molecule has 0 radical (unpaired) electrons. The Morgan fingerprint density at radius 3 is 2.23 bits per heavy atom. The van der Waals surface area contributed by atoms with Gasteiger partial charge in [-0.1, -0.05) is 17.4 Å². The minimum absolute atomic E-state index is 0.0304. The summed E-state index contributed by atoms with van der Waals surface area (Å²) in [5.41, 5.74) is 3.59. The lowest BCUT2D eigenvalue weighted by Crippen LogP contribution is -2.45. The van der Waals surface area contributed by atoms with Gasteiger partial charge in [-0.3, -0.25) is 18.5 Å². The fraction of sp³-hybridized carbons (Fsp3) is 0.364. The van der Waals surface area contributed by atoms with Gasteiger partial charge in [-0.05, 0) is 76.1 Å². The molecular formula is C22H27N3O4S2. The number of thiazole rings is 1. The van der Waals surface area contributed by atoms with E-state index in [-0.39, 0.29) is 10.9 Å². The molecule has 0 aliphatic heterocycles. The molecule has 9 heteroatoms. The van der Waals surface area contributed by atoms with Crippen LogP contribution >= 0.6 is 11.3 Å². The number of hydrogen-bond acceptors (Lipinski definition) is 5. The van der Waals surface area contributed by atoms with E-state index in [4.69, 9.17) is 0 Å². The molecule has 1 aromatic heterocycles. The van der Waals surface area contributed by atoms with Crippen LogP contribution in [0.5, 0.6) is 0 Å². The zero-order valence-electron chi connectivity index (χ0n) is 18.5. The molecule has 1 atom stereocenters. The molecular weight excluding hydrogens is 434 g/mol. The highest BCUT2D eigenvalue weighted by Gasteiger charge is 2.29. The van der Waals surface area contributed by atoms with Gasteiger partial charge in [0.05, 0.1) is 22.2 Å². The van der Waals surface area contributed by atoms with Crippen LogP contribution in [0, 0.1) is 13.8 Å². The first-order valence-corrected chi connectivity index (χ1v) is 12.6. The number of hydrogen-bond donors (Lipinski definition) is 1. The summed E-state index contributed by atoms with van der Waals surface area (Å²) in [6.07, 6.45) is 1.09. The number of aryl methyl sites for hydroxylation is 2. The minimum atomic E-state index is -3.70. The Balaban J connectivity index is 1.93. The van der Waals surface area contributed by atoms with E-state index in [0.717, 1.165) is 43.2 Å². The molecule has 0 saturated heterocycles. The van der Waals surface area contributed by atoms with Gasteiger partial charge in [-0.2, -0.15) is 0 Å². The van der Waals surface area contributed by atoms with Gasteiger partial charge in [-0.25, -0.2) is 8.42 Å². The van der Waals surface area contributed by atoms with Gasteiger partial charge in [0.1, 0.15) is 6.04 Å². The summed E-state index contributed by atoms with van der Waals surface area (Å²) in [5.74, 6) is -0.459. The second kappa shape index (κ2) is 8.47. The smallest absolute Gasteiger partial charge is 0.308 e. The first-order chi connectivity index (χ1) is 14.4. The summed E-state index contributed by atoms with van der Waals surface area (Å²) in [4.78, 5) is 25.2. The number of aromatic nitrogens is 1. The predicted octanol–water partition coefficient (Wildman–Crippen LogP) is 4.05. The van der Waals surface area contributed by atoms with Crippen LogP contribution in [-0.2, 0) is 14.8 Å². The van der Waals surface area contributed by atoms with E-state index in [1.807, 2.05) is 33.8 Å². The van der Waals surface area contributed by atoms with E-state index in [9.17, 15) is 18.0 Å². The van der Waals surface area contributed by atoms with Gasteiger partial charge in [0.25, 0.3) is 0 Å². The van der Waals surface area contributed by atoms with Crippen molar-refractivity contribution in [3.63, 3.8) is 0 Å². The van der Waals surface area contributed by atoms with Crippen molar-refractivity contribution in [2.45, 2.75) is 46.7 Å². The Bertz CT molecular complexity index is 1290. The van der Waals surface area contributed by atoms with Gasteiger partial charge >= 0.3 is 4.87 Å². The molecule has 0 unspecified atom stereocenters. The van der Waals surface area contributed by atoms with Crippen molar-refractivity contribution >= 4 is 48.9 Å². The number of fused-ring (bicyclic) bond motifs is 1. The maximum Gasteiger partial charge on any atom is 0.308 e. The lowest BCUT2D eigenvalue weighted by Gasteiger charge is -2.28. The standard InChI is InChI=1S/C22H27N3O4S2/c1-13(2)24-19-8-7-17(12-20(19)30-22(24)27)23-21(26)16(5)25(31(6,28)29)18-10-14(3)9-15(4)11-18/h7-13,16H,1-6H3,(H,23,26)/t16-/m0/s1. The number of nitrogens with one attached hydrogen (secondary N) is 1. The van der Waals surface area contributed by atoms with E-state index in [0.29, 0.717) is 11.4 Å². The maximum atomic E-state index is 13.0. The molecule has 0 saturated carbocycles. The molecule has 0 aliphatic rings. The highest BCUT2D eigenvalue weighted by molar-refractivity contribution is 7.92. The molecule has 1 heterocycles. The van der Waals surface area contributed by atoms with Crippen LogP contribution in [-0.4, -0.2) is 31.2 Å². The molecule has 3 aromatic rings. The summed E-state index contributed by atoms with van der Waals surface area (Å²) >= 11 is 1.12. The molecule has 3 rings (SSSR count). The van der Waals surface area contributed by atoms with Crippen molar-refractivity contribution in [1.29, 1.82) is 0 Å². The zero-order valence-corrected chi connectivity index (χ0v) is 20.1. The van der Waals surface area contributed by atoms with Crippen LogP contribution in [0.25, 0.3) is 10.2 Å². The summed E-state index contributed by atoms with van der Waals surface area (Å²) in [6.45, 7) is 9.20. The van der Waals surface area contributed by atoms with Gasteiger partial charge in [0.2, 0.25) is 15.9 Å². The van der Waals surface area contributed by atoms with Gasteiger partial charge in [0.15, 0.2) is 0 Å². The lowest BCUT2D eigenvalue weighted by molar-refractivity contribution is -0.116. The number of benzene rings is 2. The largest absolute Gasteiger partial charge is 0.324 e. The molecule has 0 bridgehead atoms. The van der Waals surface area contributed by atoms with Crippen molar-refractivity contribution in [2.75, 3.05) is 15.9 Å². The van der Waals surface area contributed by atoms with Crippen molar-refractivity contribution in [3.8, 4) is 0 Å². The third-order valence-corrected chi connectivity index (χ3v) is 7.11. The highest BCUT2D eigenvalue weighted by atomic mass is 32.2. The number of nitrogens with zero attached hydrogens (tertiary/aromatic N) is 2. The Morgan fingerprint density at radius 1 is 1.06 bits per heavy atom. The van der Waals surface area contributed by atoms with Crippen LogP contribution in [0.2, 0.25) is 0 Å². The average Bonchev–Trinajstić information content (AvgIpc) is 2.94. The van der Waals surface area contributed by atoms with E-state index < -0.39 is 22.0 Å². The summed E-state index contributed by atoms with van der Waals surface area (Å²) in [5, 5.41) is 2.79. The topological polar surface area (TPSA) is 88.5 Å². The molecule has 1 N–H and O–H groups in total. The number of carbonyl (C=O) groups excluding carboxylic acids is 1. The second-order valence-electron chi connectivity index (χ2n) is 8.08. The quantitative estimate of drug-likeness (QED) is 0.600. The van der Waals surface area contributed by atoms with Crippen LogP contribution in [0.3, 0.4) is 0 Å². The number of rotatable bonds is 6. The monoisotopic (exact) mass is 461 g/mol. The molecule has 1 amide bonds. The number of sulfonamides is 1. The third-order valence-electron chi connectivity index (χ3n) is 4.95. The van der Waals surface area contributed by atoms with E-state index >= 15 is 0 Å². The van der Waals surface area contributed by atoms with Crippen LogP contribution in [0.15, 0.2) is 41.2 Å². The summed E-state index contributed by atoms with van der Waals surface area (Å²) in [7, 11) is -3.70. The van der Waals surface area contributed by atoms with Crippen molar-refractivity contribution in [2.24, 2.45) is 0 Å².